The van der Waals surface area contributed by atoms with Crippen molar-refractivity contribution < 1.29 is 8.42 Å². The van der Waals surface area contributed by atoms with Crippen molar-refractivity contribution in [1.82, 2.24) is 5.43 Å². The van der Waals surface area contributed by atoms with Gasteiger partial charge in [-0.25, -0.2) is 10.3 Å². The molecule has 0 atom stereocenters. The lowest BCUT2D eigenvalue weighted by atomic mass is 11.5. The monoisotopic (exact) mass is 142 g/mol. The third-order valence-corrected chi connectivity index (χ3v) is 0. The van der Waals surface area contributed by atoms with Gasteiger partial charge in [0, 0.05) is 0 Å². The van der Waals surface area contributed by atoms with E-state index in [2.05, 4.69) is 21.5 Å². The van der Waals surface area contributed by atoms with Crippen LogP contribution in [0.5, 0.6) is 0 Å². The highest BCUT2D eigenvalue weighted by Gasteiger charge is 1.78. The lowest BCUT2D eigenvalue weighted by Gasteiger charge is -1.72. The van der Waals surface area contributed by atoms with Gasteiger partial charge in [0.05, 0.1) is 0 Å². The largest absolute Gasteiger partial charge is 0.272 e. The van der Waals surface area contributed by atoms with E-state index in [0.29, 0.717) is 0 Å². The van der Waals surface area contributed by atoms with E-state index in [1.807, 2.05) is 0 Å². The van der Waals surface area contributed by atoms with Crippen molar-refractivity contribution >= 4 is 10.2 Å². The first-order valence-electron chi connectivity index (χ1n) is 1.59. The smallest absolute Gasteiger partial charge is 0.271 e. The molecule has 0 aromatic heterocycles. The van der Waals surface area contributed by atoms with E-state index in [4.69, 9.17) is 0 Å². The predicted octanol–water partition coefficient (Wildman–Crippen LogP) is -2.77. The first-order chi connectivity index (χ1) is 3.41. The fourth-order valence-electron chi connectivity index (χ4n) is 0. The van der Waals surface area contributed by atoms with E-state index in [9.17, 15) is 8.42 Å². The van der Waals surface area contributed by atoms with Crippen molar-refractivity contribution in [3.63, 3.8) is 0 Å². The second-order valence-corrected chi connectivity index (χ2v) is 2.06. The molecule has 0 heterocycles. The quantitative estimate of drug-likeness (QED) is 0.216. The summed E-state index contributed by atoms with van der Waals surface area (Å²) in [5, 5.41) is 8.21. The summed E-state index contributed by atoms with van der Waals surface area (Å²) >= 11 is 0. The van der Waals surface area contributed by atoms with Crippen LogP contribution in [0.4, 0.5) is 0 Å². The number of rotatable bonds is 0. The first-order valence-corrected chi connectivity index (χ1v) is 3.20. The van der Waals surface area contributed by atoms with Crippen molar-refractivity contribution in [3.8, 4) is 0 Å². The fraction of sp³-hybridized carbons (Fsp3) is 1.00. The second kappa shape index (κ2) is 4.94. The molecule has 0 aliphatic rings. The van der Waals surface area contributed by atoms with Gasteiger partial charge in [-0.15, -0.1) is 0 Å². The van der Waals surface area contributed by atoms with Gasteiger partial charge in [-0.3, -0.25) is 11.3 Å². The summed E-state index contributed by atoms with van der Waals surface area (Å²) in [7, 11) is -2.01. The molecule has 0 bridgehead atoms. The van der Waals surface area contributed by atoms with E-state index in [-0.39, 0.29) is 0 Å². The van der Waals surface area contributed by atoms with Crippen molar-refractivity contribution in [1.29, 1.82) is 0 Å². The topological polar surface area (TPSA) is 124 Å². The highest BCUT2D eigenvalue weighted by atomic mass is 32.2. The molecule has 8 heavy (non-hydrogen) atoms. The maximum absolute atomic E-state index is 9.19. The van der Waals surface area contributed by atoms with E-state index in [1.54, 1.807) is 7.05 Å². The van der Waals surface area contributed by atoms with Gasteiger partial charge in [0.25, 0.3) is 10.2 Å². The molecule has 0 aromatic carbocycles. The zero-order valence-corrected chi connectivity index (χ0v) is 5.27. The van der Waals surface area contributed by atoms with Gasteiger partial charge >= 0.3 is 0 Å². The van der Waals surface area contributed by atoms with Crippen LogP contribution in [0.25, 0.3) is 0 Å². The highest BCUT2D eigenvalue weighted by molar-refractivity contribution is 7.86. The van der Waals surface area contributed by atoms with E-state index < -0.39 is 10.2 Å². The van der Waals surface area contributed by atoms with Crippen LogP contribution in [0.15, 0.2) is 0 Å². The maximum atomic E-state index is 9.19. The molecule has 0 aromatic rings. The molecule has 0 amide bonds. The summed E-state index contributed by atoms with van der Waals surface area (Å²) in [5.74, 6) is 4.60. The summed E-state index contributed by atoms with van der Waals surface area (Å²) in [4.78, 5) is 0. The Morgan fingerprint density at radius 2 is 1.38 bits per heavy atom. The standard InChI is InChI=1S/CH6N2.H4N2O2S/c1-3-2;1-5(2,3)4/h3H,2H2,1H3;(H4,1,2,3,4). The Morgan fingerprint density at radius 3 is 1.38 bits per heavy atom. The molecule has 0 saturated heterocycles. The minimum absolute atomic E-state index is 1.65. The fourth-order valence-corrected chi connectivity index (χ4v) is 0. The average molecular weight is 142 g/mol. The molecule has 7 N–H and O–H groups in total. The number of nitrogens with one attached hydrogen (secondary N) is 1. The minimum Gasteiger partial charge on any atom is -0.272 e. The van der Waals surface area contributed by atoms with Gasteiger partial charge in [-0.1, -0.05) is 0 Å². The Labute approximate surface area is 48.2 Å². The molecule has 0 radical (unpaired) electrons. The molecular formula is CH10N4O2S. The lowest BCUT2D eigenvalue weighted by Crippen LogP contribution is -2.21. The van der Waals surface area contributed by atoms with Crippen LogP contribution in [0.2, 0.25) is 0 Å². The Balaban J connectivity index is 0. The number of hydrogen-bond donors (Lipinski definition) is 4. The molecule has 0 unspecified atom stereocenters. The molecular weight excluding hydrogens is 132 g/mol. The van der Waals surface area contributed by atoms with E-state index in [0.717, 1.165) is 0 Å². The third-order valence-electron chi connectivity index (χ3n) is 0. The molecule has 0 saturated carbocycles. The van der Waals surface area contributed by atoms with Gasteiger partial charge in [0.1, 0.15) is 0 Å². The number of hydrazine groups is 1. The molecule has 0 spiro atoms. The third kappa shape index (κ3) is 3010. The molecule has 0 fully saturated rings. The summed E-state index contributed by atoms with van der Waals surface area (Å²) < 4.78 is 18.4. The minimum atomic E-state index is -3.67. The van der Waals surface area contributed by atoms with Crippen LogP contribution in [-0.2, 0) is 10.2 Å². The normalized spacial score (nSPS) is 9.50. The summed E-state index contributed by atoms with van der Waals surface area (Å²) in [6, 6.07) is 0. The van der Waals surface area contributed by atoms with Crippen LogP contribution in [0, 0.1) is 0 Å². The molecule has 7 heteroatoms. The zero-order chi connectivity index (χ0) is 7.21. The zero-order valence-electron chi connectivity index (χ0n) is 4.46. The number of nitrogens with two attached hydrogens (primary N) is 3. The summed E-state index contributed by atoms with van der Waals surface area (Å²) in [6.45, 7) is 0. The van der Waals surface area contributed by atoms with Crippen LogP contribution in [0.3, 0.4) is 0 Å². The van der Waals surface area contributed by atoms with Gasteiger partial charge < -0.3 is 0 Å². The molecule has 52 valence electrons. The van der Waals surface area contributed by atoms with Crippen molar-refractivity contribution in [3.05, 3.63) is 0 Å². The van der Waals surface area contributed by atoms with Crippen LogP contribution < -0.4 is 21.5 Å². The highest BCUT2D eigenvalue weighted by Crippen LogP contribution is 1.40. The van der Waals surface area contributed by atoms with Crippen LogP contribution >= 0.6 is 0 Å². The van der Waals surface area contributed by atoms with Gasteiger partial charge in [-0.05, 0) is 7.05 Å². The molecule has 0 aliphatic heterocycles. The Morgan fingerprint density at radius 1 is 1.38 bits per heavy atom. The van der Waals surface area contributed by atoms with Crippen molar-refractivity contribution in [2.75, 3.05) is 7.05 Å². The van der Waals surface area contributed by atoms with E-state index >= 15 is 0 Å². The van der Waals surface area contributed by atoms with Crippen molar-refractivity contribution in [2.45, 2.75) is 0 Å². The maximum Gasteiger partial charge on any atom is 0.271 e. The Hall–Kier alpha value is -0.210. The van der Waals surface area contributed by atoms with Gasteiger partial charge in [0.15, 0.2) is 0 Å². The molecule has 0 aliphatic carbocycles. The van der Waals surface area contributed by atoms with Gasteiger partial charge in [-0.2, -0.15) is 8.42 Å². The summed E-state index contributed by atoms with van der Waals surface area (Å²) in [5.41, 5.74) is 2.25. The SMILES string of the molecule is CNN.NS(N)(=O)=O. The number of hydrogen-bond acceptors (Lipinski definition) is 4. The predicted molar refractivity (Wildman–Crippen MR) is 30.5 cm³/mol. The average Bonchev–Trinajstić information content (AvgIpc) is 1.27. The first kappa shape index (κ1) is 10.7. The van der Waals surface area contributed by atoms with Gasteiger partial charge in [0.2, 0.25) is 0 Å². The van der Waals surface area contributed by atoms with Crippen LogP contribution in [0.1, 0.15) is 0 Å². The Bertz CT molecular complexity index is 108. The molecule has 6 nitrogen and oxygen atoms in total. The second-order valence-electron chi connectivity index (χ2n) is 0.878. The molecule has 0 rings (SSSR count). The summed E-state index contributed by atoms with van der Waals surface area (Å²) in [6.07, 6.45) is 0. The van der Waals surface area contributed by atoms with Crippen molar-refractivity contribution in [2.24, 2.45) is 16.1 Å². The lowest BCUT2D eigenvalue weighted by molar-refractivity contribution is 0.599. The van der Waals surface area contributed by atoms with E-state index in [1.165, 1.54) is 0 Å². The van der Waals surface area contributed by atoms with Crippen LogP contribution in [-0.4, -0.2) is 15.5 Å². The Kier molecular flexibility index (Phi) is 6.61.